The van der Waals surface area contributed by atoms with Crippen LogP contribution in [0.2, 0.25) is 10.0 Å². The number of thiocarbonyl (C=S) groups is 1. The fraction of sp³-hybridized carbons (Fsp3) is 0.304. The van der Waals surface area contributed by atoms with E-state index in [4.69, 9.17) is 35.4 Å². The van der Waals surface area contributed by atoms with E-state index in [-0.39, 0.29) is 12.1 Å². The van der Waals surface area contributed by atoms with Crippen molar-refractivity contribution >= 4 is 40.5 Å². The lowest BCUT2D eigenvalue weighted by Gasteiger charge is -2.33. The van der Waals surface area contributed by atoms with Gasteiger partial charge in [0, 0.05) is 29.2 Å². The maximum Gasteiger partial charge on any atom is 0.170 e. The molecule has 2 aromatic heterocycles. The Morgan fingerprint density at radius 1 is 1.03 bits per heavy atom. The molecule has 0 unspecified atom stereocenters. The summed E-state index contributed by atoms with van der Waals surface area (Å²) in [7, 11) is 0. The van der Waals surface area contributed by atoms with E-state index in [9.17, 15) is 0 Å². The lowest BCUT2D eigenvalue weighted by molar-refractivity contribution is 0.239. The van der Waals surface area contributed by atoms with Crippen molar-refractivity contribution in [2.24, 2.45) is 0 Å². The number of aromatic nitrogens is 2. The second-order valence-corrected chi connectivity index (χ2v) is 9.10. The van der Waals surface area contributed by atoms with E-state index in [1.807, 2.05) is 36.7 Å². The van der Waals surface area contributed by atoms with Crippen molar-refractivity contribution < 1.29 is 0 Å². The highest BCUT2D eigenvalue weighted by atomic mass is 35.5. The molecular formula is C23H22Cl2N4S. The van der Waals surface area contributed by atoms with Gasteiger partial charge in [0.15, 0.2) is 5.11 Å². The van der Waals surface area contributed by atoms with Gasteiger partial charge in [-0.05, 0) is 67.5 Å². The van der Waals surface area contributed by atoms with Crippen LogP contribution >= 0.6 is 35.4 Å². The van der Waals surface area contributed by atoms with Crippen LogP contribution < -0.4 is 5.32 Å². The van der Waals surface area contributed by atoms with Crippen molar-refractivity contribution in [3.8, 4) is 5.69 Å². The second kappa shape index (κ2) is 8.22. The summed E-state index contributed by atoms with van der Waals surface area (Å²) < 4.78 is 2.15. The standard InChI is InChI=1S/C23H22Cl2N4S/c24-15-10-11-19(17(25)14-15)28-13-5-9-20(28)22-21(18-8-3-4-12-26-18)27-23(30)29(22)16-6-1-2-7-16/h3-5,8-14,16,21-22H,1-2,6-7H2,(H,27,30)/t21-,22+/m1/s1. The molecule has 1 aliphatic carbocycles. The summed E-state index contributed by atoms with van der Waals surface area (Å²) in [4.78, 5) is 7.05. The van der Waals surface area contributed by atoms with Gasteiger partial charge in [0.2, 0.25) is 0 Å². The average molecular weight is 457 g/mol. The maximum atomic E-state index is 6.57. The van der Waals surface area contributed by atoms with Crippen LogP contribution in [0.25, 0.3) is 5.69 Å². The summed E-state index contributed by atoms with van der Waals surface area (Å²) >= 11 is 18.6. The molecule has 7 heteroatoms. The van der Waals surface area contributed by atoms with Gasteiger partial charge < -0.3 is 14.8 Å². The summed E-state index contributed by atoms with van der Waals surface area (Å²) in [5.74, 6) is 0. The van der Waals surface area contributed by atoms with Crippen LogP contribution in [0, 0.1) is 0 Å². The number of rotatable bonds is 4. The molecule has 2 atom stereocenters. The van der Waals surface area contributed by atoms with Crippen molar-refractivity contribution in [3.05, 3.63) is 82.4 Å². The zero-order chi connectivity index (χ0) is 20.7. The molecule has 1 saturated heterocycles. The molecule has 0 bridgehead atoms. The van der Waals surface area contributed by atoms with E-state index in [1.54, 1.807) is 6.07 Å². The molecule has 1 aliphatic heterocycles. The molecule has 1 N–H and O–H groups in total. The Hall–Kier alpha value is -2.08. The molecule has 4 nitrogen and oxygen atoms in total. The number of halogens is 2. The van der Waals surface area contributed by atoms with Crippen LogP contribution in [0.4, 0.5) is 0 Å². The van der Waals surface area contributed by atoms with Gasteiger partial charge in [0.05, 0.1) is 28.5 Å². The predicted molar refractivity (Wildman–Crippen MR) is 125 cm³/mol. The SMILES string of the molecule is S=C1N[C@H](c2ccccn2)[C@H](c2cccn2-c2ccc(Cl)cc2Cl)N1C1CCCC1. The highest BCUT2D eigenvalue weighted by molar-refractivity contribution is 7.80. The number of hydrogen-bond acceptors (Lipinski definition) is 2. The van der Waals surface area contributed by atoms with Crippen LogP contribution in [0.3, 0.4) is 0 Å². The van der Waals surface area contributed by atoms with Crippen molar-refractivity contribution in [1.29, 1.82) is 0 Å². The monoisotopic (exact) mass is 456 g/mol. The third-order valence-corrected chi connectivity index (χ3v) is 6.97. The van der Waals surface area contributed by atoms with Gasteiger partial charge in [0.25, 0.3) is 0 Å². The quantitative estimate of drug-likeness (QED) is 0.481. The number of nitrogens with one attached hydrogen (secondary N) is 1. The van der Waals surface area contributed by atoms with E-state index >= 15 is 0 Å². The first-order valence-corrected chi connectivity index (χ1v) is 11.4. The normalized spacial score (nSPS) is 21.9. The second-order valence-electron chi connectivity index (χ2n) is 7.87. The van der Waals surface area contributed by atoms with Crippen LogP contribution in [0.15, 0.2) is 60.9 Å². The Morgan fingerprint density at radius 3 is 2.60 bits per heavy atom. The van der Waals surface area contributed by atoms with Crippen molar-refractivity contribution in [2.75, 3.05) is 0 Å². The molecule has 2 fully saturated rings. The lowest BCUT2D eigenvalue weighted by atomic mass is 9.99. The fourth-order valence-electron chi connectivity index (χ4n) is 4.79. The fourth-order valence-corrected chi connectivity index (χ4v) is 5.68. The minimum atomic E-state index is -0.0287. The van der Waals surface area contributed by atoms with Gasteiger partial charge in [-0.1, -0.05) is 42.1 Å². The van der Waals surface area contributed by atoms with Crippen molar-refractivity contribution in [2.45, 2.75) is 43.8 Å². The number of pyridine rings is 1. The zero-order valence-electron chi connectivity index (χ0n) is 16.3. The Bertz CT molecular complexity index is 1060. The van der Waals surface area contributed by atoms with E-state index in [0.29, 0.717) is 16.1 Å². The zero-order valence-corrected chi connectivity index (χ0v) is 18.7. The molecular weight excluding hydrogens is 435 g/mol. The van der Waals surface area contributed by atoms with Crippen LogP contribution in [0.1, 0.15) is 49.2 Å². The molecule has 30 heavy (non-hydrogen) atoms. The summed E-state index contributed by atoms with van der Waals surface area (Å²) in [6.07, 6.45) is 8.70. The molecule has 1 saturated carbocycles. The minimum absolute atomic E-state index is 0.0252. The summed E-state index contributed by atoms with van der Waals surface area (Å²) in [5, 5.41) is 5.61. The molecule has 0 spiro atoms. The summed E-state index contributed by atoms with van der Waals surface area (Å²) in [6.45, 7) is 0. The first-order valence-electron chi connectivity index (χ1n) is 10.3. The van der Waals surface area contributed by atoms with Crippen LogP contribution in [0.5, 0.6) is 0 Å². The number of benzene rings is 1. The summed E-state index contributed by atoms with van der Waals surface area (Å²) in [5.41, 5.74) is 3.03. The smallest absolute Gasteiger partial charge is 0.170 e. The summed E-state index contributed by atoms with van der Waals surface area (Å²) in [6, 6.07) is 16.3. The Labute approximate surface area is 191 Å². The van der Waals surface area contributed by atoms with Gasteiger partial charge in [-0.15, -0.1) is 0 Å². The minimum Gasteiger partial charge on any atom is -0.352 e. The first kappa shape index (κ1) is 19.9. The third-order valence-electron chi connectivity index (χ3n) is 6.11. The molecule has 1 aromatic carbocycles. The van der Waals surface area contributed by atoms with E-state index in [0.717, 1.165) is 35.0 Å². The molecule has 0 amide bonds. The van der Waals surface area contributed by atoms with Crippen molar-refractivity contribution in [1.82, 2.24) is 19.8 Å². The topological polar surface area (TPSA) is 33.1 Å². The Morgan fingerprint density at radius 2 is 1.87 bits per heavy atom. The van der Waals surface area contributed by atoms with Gasteiger partial charge in [0.1, 0.15) is 0 Å². The largest absolute Gasteiger partial charge is 0.352 e. The first-order chi connectivity index (χ1) is 14.6. The van der Waals surface area contributed by atoms with E-state index in [2.05, 4.69) is 38.0 Å². The van der Waals surface area contributed by atoms with Crippen molar-refractivity contribution in [3.63, 3.8) is 0 Å². The van der Waals surface area contributed by atoms with E-state index < -0.39 is 0 Å². The highest BCUT2D eigenvalue weighted by Crippen LogP contribution is 2.43. The van der Waals surface area contributed by atoms with Gasteiger partial charge in [-0.2, -0.15) is 0 Å². The number of hydrogen-bond donors (Lipinski definition) is 1. The lowest BCUT2D eigenvalue weighted by Crippen LogP contribution is -2.38. The Kier molecular flexibility index (Phi) is 5.44. The maximum absolute atomic E-state index is 6.57. The van der Waals surface area contributed by atoms with Crippen LogP contribution in [-0.2, 0) is 0 Å². The molecule has 2 aliphatic rings. The average Bonchev–Trinajstić information content (AvgIpc) is 3.48. The number of nitrogens with zero attached hydrogens (tertiary/aromatic N) is 3. The van der Waals surface area contributed by atoms with Gasteiger partial charge >= 0.3 is 0 Å². The van der Waals surface area contributed by atoms with Crippen LogP contribution in [-0.4, -0.2) is 25.6 Å². The molecule has 3 aromatic rings. The van der Waals surface area contributed by atoms with E-state index in [1.165, 1.54) is 12.8 Å². The molecule has 0 radical (unpaired) electrons. The van der Waals surface area contributed by atoms with Gasteiger partial charge in [-0.3, -0.25) is 4.98 Å². The highest BCUT2D eigenvalue weighted by Gasteiger charge is 2.44. The Balaban J connectivity index is 1.63. The molecule has 5 rings (SSSR count). The molecule has 3 heterocycles. The van der Waals surface area contributed by atoms with Gasteiger partial charge in [-0.25, -0.2) is 0 Å². The third kappa shape index (κ3) is 3.49. The molecule has 154 valence electrons. The predicted octanol–water partition coefficient (Wildman–Crippen LogP) is 6.09.